The van der Waals surface area contributed by atoms with Gasteiger partial charge in [0.2, 0.25) is 0 Å². The van der Waals surface area contributed by atoms with Crippen LogP contribution in [0.2, 0.25) is 0 Å². The van der Waals surface area contributed by atoms with E-state index in [2.05, 4.69) is 25.8 Å². The van der Waals surface area contributed by atoms with Crippen molar-refractivity contribution in [2.45, 2.75) is 6.54 Å². The van der Waals surface area contributed by atoms with Crippen LogP contribution in [0.4, 0.5) is 11.5 Å². The number of benzene rings is 1. The first-order chi connectivity index (χ1) is 13.2. The van der Waals surface area contributed by atoms with Crippen molar-refractivity contribution in [2.75, 3.05) is 17.7 Å². The molecule has 2 aromatic heterocycles. The Labute approximate surface area is 155 Å². The highest BCUT2D eigenvalue weighted by Crippen LogP contribution is 2.17. The third-order valence-electron chi connectivity index (χ3n) is 3.67. The van der Waals surface area contributed by atoms with Crippen molar-refractivity contribution in [1.82, 2.24) is 15.2 Å². The lowest BCUT2D eigenvalue weighted by molar-refractivity contribution is 0.0602. The van der Waals surface area contributed by atoms with Gasteiger partial charge in [0.1, 0.15) is 5.82 Å². The maximum Gasteiger partial charge on any atom is 0.339 e. The van der Waals surface area contributed by atoms with Crippen molar-refractivity contribution in [2.24, 2.45) is 0 Å². The normalized spacial score (nSPS) is 10.1. The second kappa shape index (κ2) is 8.52. The number of anilines is 2. The molecule has 0 saturated heterocycles. The Hall–Kier alpha value is -3.81. The van der Waals surface area contributed by atoms with Crippen LogP contribution in [0, 0.1) is 0 Å². The zero-order chi connectivity index (χ0) is 19.1. The van der Waals surface area contributed by atoms with Crippen molar-refractivity contribution < 1.29 is 14.3 Å². The number of carbonyl (C=O) groups excluding carboxylic acids is 2. The number of pyridine rings is 1. The third-order valence-corrected chi connectivity index (χ3v) is 3.67. The highest BCUT2D eigenvalue weighted by atomic mass is 16.5. The summed E-state index contributed by atoms with van der Waals surface area (Å²) in [5.41, 5.74) is 1.73. The number of aromatic nitrogens is 3. The molecule has 1 aromatic carbocycles. The molecule has 1 amide bonds. The Morgan fingerprint density at radius 2 is 1.89 bits per heavy atom. The van der Waals surface area contributed by atoms with Gasteiger partial charge in [0.05, 0.1) is 18.4 Å². The van der Waals surface area contributed by atoms with E-state index in [0.717, 1.165) is 5.56 Å². The second-order valence-electron chi connectivity index (χ2n) is 5.51. The number of methoxy groups -OCH3 is 1. The van der Waals surface area contributed by atoms with Crippen LogP contribution in [0.15, 0.2) is 60.9 Å². The molecule has 0 fully saturated rings. The van der Waals surface area contributed by atoms with Gasteiger partial charge in [0.25, 0.3) is 5.91 Å². The molecule has 0 bridgehead atoms. The van der Waals surface area contributed by atoms with Gasteiger partial charge in [0.15, 0.2) is 5.69 Å². The SMILES string of the molecule is COC(=O)c1ccccc1NC(=O)c1ccc(NCc2cccnc2)nn1. The molecule has 0 atom stereocenters. The van der Waals surface area contributed by atoms with E-state index < -0.39 is 11.9 Å². The molecule has 3 rings (SSSR count). The first kappa shape index (κ1) is 18.0. The number of hydrogen-bond donors (Lipinski definition) is 2. The second-order valence-corrected chi connectivity index (χ2v) is 5.51. The van der Waals surface area contributed by atoms with Crippen molar-refractivity contribution >= 4 is 23.4 Å². The van der Waals surface area contributed by atoms with Crippen LogP contribution in [0.1, 0.15) is 26.4 Å². The highest BCUT2D eigenvalue weighted by Gasteiger charge is 2.15. The van der Waals surface area contributed by atoms with Crippen LogP contribution in [0.25, 0.3) is 0 Å². The van der Waals surface area contributed by atoms with Gasteiger partial charge in [-0.25, -0.2) is 4.79 Å². The van der Waals surface area contributed by atoms with Crippen molar-refractivity contribution in [3.8, 4) is 0 Å². The quantitative estimate of drug-likeness (QED) is 0.648. The average Bonchev–Trinajstić information content (AvgIpc) is 2.73. The lowest BCUT2D eigenvalue weighted by Crippen LogP contribution is -2.17. The van der Waals surface area contributed by atoms with E-state index in [9.17, 15) is 9.59 Å². The van der Waals surface area contributed by atoms with Crippen LogP contribution in [0.3, 0.4) is 0 Å². The Kier molecular flexibility index (Phi) is 5.68. The van der Waals surface area contributed by atoms with E-state index in [-0.39, 0.29) is 11.3 Å². The number of rotatable bonds is 6. The largest absolute Gasteiger partial charge is 0.465 e. The Morgan fingerprint density at radius 1 is 1.04 bits per heavy atom. The predicted octanol–water partition coefficient (Wildman–Crippen LogP) is 2.52. The fourth-order valence-electron chi connectivity index (χ4n) is 2.31. The minimum absolute atomic E-state index is 0.126. The van der Waals surface area contributed by atoms with Crippen LogP contribution < -0.4 is 10.6 Å². The van der Waals surface area contributed by atoms with Gasteiger partial charge in [0, 0.05) is 18.9 Å². The first-order valence-electron chi connectivity index (χ1n) is 8.12. The van der Waals surface area contributed by atoms with Gasteiger partial charge in [-0.15, -0.1) is 10.2 Å². The summed E-state index contributed by atoms with van der Waals surface area (Å²) in [6.07, 6.45) is 3.45. The smallest absolute Gasteiger partial charge is 0.339 e. The number of nitrogens with one attached hydrogen (secondary N) is 2. The molecule has 136 valence electrons. The zero-order valence-corrected chi connectivity index (χ0v) is 14.5. The summed E-state index contributed by atoms with van der Waals surface area (Å²) in [5, 5.41) is 13.7. The molecule has 0 aliphatic carbocycles. The molecule has 2 N–H and O–H groups in total. The summed E-state index contributed by atoms with van der Waals surface area (Å²) < 4.78 is 4.71. The fourth-order valence-corrected chi connectivity index (χ4v) is 2.31. The van der Waals surface area contributed by atoms with E-state index in [1.165, 1.54) is 7.11 Å². The minimum atomic E-state index is -0.535. The summed E-state index contributed by atoms with van der Waals surface area (Å²) in [6.45, 7) is 0.542. The predicted molar refractivity (Wildman–Crippen MR) is 99.3 cm³/mol. The molecular weight excluding hydrogens is 346 g/mol. The van der Waals surface area contributed by atoms with Crippen molar-refractivity contribution in [1.29, 1.82) is 0 Å². The van der Waals surface area contributed by atoms with Gasteiger partial charge >= 0.3 is 5.97 Å². The molecule has 0 aliphatic heterocycles. The minimum Gasteiger partial charge on any atom is -0.465 e. The van der Waals surface area contributed by atoms with E-state index in [1.807, 2.05) is 12.1 Å². The highest BCUT2D eigenvalue weighted by molar-refractivity contribution is 6.07. The first-order valence-corrected chi connectivity index (χ1v) is 8.12. The number of carbonyl (C=O) groups is 2. The molecular formula is C19H17N5O3. The van der Waals surface area contributed by atoms with E-state index >= 15 is 0 Å². The number of esters is 1. The molecule has 8 nitrogen and oxygen atoms in total. The van der Waals surface area contributed by atoms with Crippen molar-refractivity contribution in [3.63, 3.8) is 0 Å². The summed E-state index contributed by atoms with van der Waals surface area (Å²) in [7, 11) is 1.28. The molecule has 0 aliphatic rings. The number of para-hydroxylation sites is 1. The summed E-state index contributed by atoms with van der Waals surface area (Å²) >= 11 is 0. The number of ether oxygens (including phenoxy) is 1. The van der Waals surface area contributed by atoms with Crippen molar-refractivity contribution in [3.05, 3.63) is 77.7 Å². The summed E-state index contributed by atoms with van der Waals surface area (Å²) in [6, 6.07) is 13.6. The maximum atomic E-state index is 12.4. The molecule has 27 heavy (non-hydrogen) atoms. The lowest BCUT2D eigenvalue weighted by Gasteiger charge is -2.09. The van der Waals surface area contributed by atoms with Gasteiger partial charge in [-0.1, -0.05) is 18.2 Å². The lowest BCUT2D eigenvalue weighted by atomic mass is 10.1. The summed E-state index contributed by atoms with van der Waals surface area (Å²) in [4.78, 5) is 28.2. The number of hydrogen-bond acceptors (Lipinski definition) is 7. The monoisotopic (exact) mass is 363 g/mol. The Morgan fingerprint density at radius 3 is 2.59 bits per heavy atom. The molecule has 8 heteroatoms. The topological polar surface area (TPSA) is 106 Å². The van der Waals surface area contributed by atoms with Crippen LogP contribution in [0.5, 0.6) is 0 Å². The average molecular weight is 363 g/mol. The standard InChI is InChI=1S/C19H17N5O3/c1-27-19(26)14-6-2-3-7-15(14)22-18(25)16-8-9-17(24-23-16)21-12-13-5-4-10-20-11-13/h2-11H,12H2,1H3,(H,21,24)(H,22,25). The molecule has 0 radical (unpaired) electrons. The van der Waals surface area contributed by atoms with Crippen LogP contribution in [-0.2, 0) is 11.3 Å². The maximum absolute atomic E-state index is 12.4. The van der Waals surface area contributed by atoms with E-state index in [1.54, 1.807) is 48.8 Å². The Bertz CT molecular complexity index is 930. The number of nitrogens with zero attached hydrogens (tertiary/aromatic N) is 3. The summed E-state index contributed by atoms with van der Waals surface area (Å²) in [5.74, 6) is -0.477. The third kappa shape index (κ3) is 4.63. The van der Waals surface area contributed by atoms with E-state index in [4.69, 9.17) is 4.74 Å². The van der Waals surface area contributed by atoms with Gasteiger partial charge < -0.3 is 15.4 Å². The number of amides is 1. The van der Waals surface area contributed by atoms with Gasteiger partial charge in [-0.05, 0) is 35.9 Å². The molecule has 0 unspecified atom stereocenters. The fraction of sp³-hybridized carbons (Fsp3) is 0.105. The molecule has 0 spiro atoms. The molecule has 3 aromatic rings. The Balaban J connectivity index is 1.65. The van der Waals surface area contributed by atoms with E-state index in [0.29, 0.717) is 18.1 Å². The van der Waals surface area contributed by atoms with Crippen LogP contribution >= 0.6 is 0 Å². The van der Waals surface area contributed by atoms with Crippen LogP contribution in [-0.4, -0.2) is 34.2 Å². The van der Waals surface area contributed by atoms with Gasteiger partial charge in [-0.3, -0.25) is 9.78 Å². The molecule has 0 saturated carbocycles. The van der Waals surface area contributed by atoms with Gasteiger partial charge in [-0.2, -0.15) is 0 Å². The zero-order valence-electron chi connectivity index (χ0n) is 14.5. The molecule has 2 heterocycles.